The van der Waals surface area contributed by atoms with Crippen LogP contribution in [-0.4, -0.2) is 18.0 Å². The van der Waals surface area contributed by atoms with E-state index >= 15 is 0 Å². The van der Waals surface area contributed by atoms with Crippen LogP contribution >= 0.6 is 43.5 Å². The molecule has 7 heteroatoms. The van der Waals surface area contributed by atoms with E-state index in [0.29, 0.717) is 27.7 Å². The van der Waals surface area contributed by atoms with Crippen LogP contribution in [0.15, 0.2) is 69.6 Å². The molecule has 1 heterocycles. The number of carbonyl (C=O) groups excluding carboxylic acids is 1. The van der Waals surface area contributed by atoms with Gasteiger partial charge in [0.15, 0.2) is 0 Å². The Morgan fingerprint density at radius 2 is 1.74 bits per heavy atom. The van der Waals surface area contributed by atoms with Gasteiger partial charge in [0.25, 0.3) is 5.91 Å². The van der Waals surface area contributed by atoms with Crippen molar-refractivity contribution in [2.45, 2.75) is 6.92 Å². The number of nitrogens with zero attached hydrogens (tertiary/aromatic N) is 1. The molecule has 4 nitrogen and oxygen atoms in total. The van der Waals surface area contributed by atoms with E-state index in [1.807, 2.05) is 49.4 Å². The zero-order valence-corrected chi connectivity index (χ0v) is 20.6. The summed E-state index contributed by atoms with van der Waals surface area (Å²) < 4.78 is 7.22. The van der Waals surface area contributed by atoms with Crippen LogP contribution in [0.4, 0.5) is 5.69 Å². The molecule has 156 valence electrons. The number of methoxy groups -OCH3 is 1. The molecule has 0 unspecified atom stereocenters. The molecule has 0 aliphatic rings. The first-order chi connectivity index (χ1) is 14.9. The summed E-state index contributed by atoms with van der Waals surface area (Å²) in [5.74, 6) is 0.255. The lowest BCUT2D eigenvalue weighted by Crippen LogP contribution is -2.14. The topological polar surface area (TPSA) is 51.2 Å². The Bertz CT molecular complexity index is 1310. The molecule has 0 aliphatic carbocycles. The second-order valence-corrected chi connectivity index (χ2v) is 9.25. The second-order valence-electron chi connectivity index (χ2n) is 6.98. The zero-order valence-electron chi connectivity index (χ0n) is 16.7. The number of aryl methyl sites for hydroxylation is 1. The molecule has 1 amide bonds. The summed E-state index contributed by atoms with van der Waals surface area (Å²) in [6.45, 7) is 1.98. The molecule has 4 rings (SSSR count). The normalized spacial score (nSPS) is 10.9. The Labute approximate surface area is 201 Å². The Morgan fingerprint density at radius 1 is 1.00 bits per heavy atom. The predicted molar refractivity (Wildman–Crippen MR) is 133 cm³/mol. The molecule has 0 aliphatic heterocycles. The number of aromatic nitrogens is 1. The number of amides is 1. The first kappa shape index (κ1) is 21.8. The van der Waals surface area contributed by atoms with E-state index in [0.717, 1.165) is 31.0 Å². The largest absolute Gasteiger partial charge is 0.495 e. The maximum atomic E-state index is 13.4. The van der Waals surface area contributed by atoms with E-state index in [1.54, 1.807) is 25.3 Å². The van der Waals surface area contributed by atoms with Gasteiger partial charge in [-0.2, -0.15) is 0 Å². The SMILES string of the molecule is COc1ccc(Cl)cc1NC(=O)c1cc(-c2ccc(Br)cc2)nc2c(C)cc(Br)cc12. The Morgan fingerprint density at radius 3 is 2.45 bits per heavy atom. The number of rotatable bonds is 4. The van der Waals surface area contributed by atoms with Gasteiger partial charge in [-0.1, -0.05) is 55.6 Å². The molecule has 0 atom stereocenters. The number of nitrogens with one attached hydrogen (secondary N) is 1. The van der Waals surface area contributed by atoms with Crippen LogP contribution in [0.5, 0.6) is 5.75 Å². The zero-order chi connectivity index (χ0) is 22.1. The van der Waals surface area contributed by atoms with Gasteiger partial charge in [-0.25, -0.2) is 4.98 Å². The Balaban J connectivity index is 1.88. The number of ether oxygens (including phenoxy) is 1. The molecule has 4 aromatic rings. The number of halogens is 3. The van der Waals surface area contributed by atoms with Crippen LogP contribution in [0.3, 0.4) is 0 Å². The third-order valence-electron chi connectivity index (χ3n) is 4.86. The fourth-order valence-corrected chi connectivity index (χ4v) is 4.39. The van der Waals surface area contributed by atoms with Crippen molar-refractivity contribution in [2.24, 2.45) is 0 Å². The molecule has 0 saturated carbocycles. The number of carbonyl (C=O) groups is 1. The summed E-state index contributed by atoms with van der Waals surface area (Å²) in [6, 6.07) is 18.6. The smallest absolute Gasteiger partial charge is 0.256 e. The highest BCUT2D eigenvalue weighted by Gasteiger charge is 2.18. The number of pyridine rings is 1. The highest BCUT2D eigenvalue weighted by molar-refractivity contribution is 9.10. The lowest BCUT2D eigenvalue weighted by atomic mass is 10.0. The van der Waals surface area contributed by atoms with Crippen LogP contribution in [0.25, 0.3) is 22.2 Å². The molecule has 0 bridgehead atoms. The van der Waals surface area contributed by atoms with E-state index in [9.17, 15) is 4.79 Å². The molecule has 0 saturated heterocycles. The molecule has 31 heavy (non-hydrogen) atoms. The van der Waals surface area contributed by atoms with E-state index < -0.39 is 0 Å². The van der Waals surface area contributed by atoms with E-state index in [1.165, 1.54) is 0 Å². The summed E-state index contributed by atoms with van der Waals surface area (Å²) in [7, 11) is 1.55. The van der Waals surface area contributed by atoms with Crippen molar-refractivity contribution >= 4 is 66.0 Å². The highest BCUT2D eigenvalue weighted by Crippen LogP contribution is 2.32. The molecule has 1 N–H and O–H groups in total. The number of anilines is 1. The molecule has 0 spiro atoms. The summed E-state index contributed by atoms with van der Waals surface area (Å²) in [6.07, 6.45) is 0. The minimum atomic E-state index is -0.274. The van der Waals surface area contributed by atoms with Gasteiger partial charge in [0.1, 0.15) is 5.75 Å². The average molecular weight is 561 g/mol. The third kappa shape index (κ3) is 4.61. The van der Waals surface area contributed by atoms with Crippen molar-refractivity contribution in [3.8, 4) is 17.0 Å². The Hall–Kier alpha value is -2.41. The van der Waals surface area contributed by atoms with Crippen molar-refractivity contribution in [2.75, 3.05) is 12.4 Å². The van der Waals surface area contributed by atoms with Gasteiger partial charge < -0.3 is 10.1 Å². The average Bonchev–Trinajstić information content (AvgIpc) is 2.74. The van der Waals surface area contributed by atoms with Crippen molar-refractivity contribution in [3.05, 3.63) is 85.8 Å². The lowest BCUT2D eigenvalue weighted by molar-refractivity contribution is 0.102. The minimum Gasteiger partial charge on any atom is -0.495 e. The van der Waals surface area contributed by atoms with Crippen LogP contribution in [0.2, 0.25) is 5.02 Å². The fourth-order valence-electron chi connectivity index (χ4n) is 3.38. The fraction of sp³-hybridized carbons (Fsp3) is 0.0833. The summed E-state index contributed by atoms with van der Waals surface area (Å²) >= 11 is 13.1. The molecule has 0 radical (unpaired) electrons. The molecular weight excluding hydrogens is 544 g/mol. The van der Waals surface area contributed by atoms with E-state index in [-0.39, 0.29) is 5.91 Å². The van der Waals surface area contributed by atoms with Gasteiger partial charge in [0.05, 0.1) is 29.6 Å². The standard InChI is InChI=1S/C24H17Br2ClN2O2/c1-13-9-16(26)10-18-19(24(30)29-21-11-17(27)7-8-22(21)31-2)12-20(28-23(13)18)14-3-5-15(25)6-4-14/h3-12H,1-2H3,(H,29,30). The molecule has 0 fully saturated rings. The van der Waals surface area contributed by atoms with Crippen LogP contribution in [0, 0.1) is 6.92 Å². The van der Waals surface area contributed by atoms with Gasteiger partial charge in [0.2, 0.25) is 0 Å². The third-order valence-corrected chi connectivity index (χ3v) is 6.08. The highest BCUT2D eigenvalue weighted by atomic mass is 79.9. The first-order valence-electron chi connectivity index (χ1n) is 9.37. The van der Waals surface area contributed by atoms with Gasteiger partial charge in [0, 0.05) is 24.9 Å². The maximum absolute atomic E-state index is 13.4. The second kappa shape index (κ2) is 8.99. The monoisotopic (exact) mass is 558 g/mol. The summed E-state index contributed by atoms with van der Waals surface area (Å²) in [5.41, 5.74) is 4.39. The van der Waals surface area contributed by atoms with Gasteiger partial charge in [-0.3, -0.25) is 4.79 Å². The minimum absolute atomic E-state index is 0.274. The quantitative estimate of drug-likeness (QED) is 0.279. The number of fused-ring (bicyclic) bond motifs is 1. The van der Waals surface area contributed by atoms with Crippen molar-refractivity contribution in [1.29, 1.82) is 0 Å². The van der Waals surface area contributed by atoms with Gasteiger partial charge in [-0.05, 0) is 61.0 Å². The molecule has 3 aromatic carbocycles. The molecular formula is C24H17Br2ClN2O2. The van der Waals surface area contributed by atoms with E-state index in [2.05, 4.69) is 37.2 Å². The van der Waals surface area contributed by atoms with Gasteiger partial charge >= 0.3 is 0 Å². The summed E-state index contributed by atoms with van der Waals surface area (Å²) in [4.78, 5) is 18.3. The van der Waals surface area contributed by atoms with Gasteiger partial charge in [-0.15, -0.1) is 0 Å². The maximum Gasteiger partial charge on any atom is 0.256 e. The summed E-state index contributed by atoms with van der Waals surface area (Å²) in [5, 5.41) is 4.20. The molecule has 1 aromatic heterocycles. The number of hydrogen-bond acceptors (Lipinski definition) is 3. The van der Waals surface area contributed by atoms with Crippen LogP contribution < -0.4 is 10.1 Å². The number of hydrogen-bond donors (Lipinski definition) is 1. The number of benzene rings is 3. The predicted octanol–water partition coefficient (Wildman–Crippen LogP) is 7.65. The first-order valence-corrected chi connectivity index (χ1v) is 11.3. The van der Waals surface area contributed by atoms with E-state index in [4.69, 9.17) is 21.3 Å². The van der Waals surface area contributed by atoms with Crippen molar-refractivity contribution in [1.82, 2.24) is 4.98 Å². The lowest BCUT2D eigenvalue weighted by Gasteiger charge is -2.14. The van der Waals surface area contributed by atoms with Crippen molar-refractivity contribution in [3.63, 3.8) is 0 Å². The Kier molecular flexibility index (Phi) is 6.32. The van der Waals surface area contributed by atoms with Crippen LogP contribution in [-0.2, 0) is 0 Å². The van der Waals surface area contributed by atoms with Crippen LogP contribution in [0.1, 0.15) is 15.9 Å². The van der Waals surface area contributed by atoms with Crippen molar-refractivity contribution < 1.29 is 9.53 Å².